The van der Waals surface area contributed by atoms with E-state index >= 15 is 0 Å². The molecule has 0 atom stereocenters. The summed E-state index contributed by atoms with van der Waals surface area (Å²) in [6.07, 6.45) is 0. The molecule has 0 aliphatic carbocycles. The zero-order chi connectivity index (χ0) is 22.9. The average Bonchev–Trinajstić information content (AvgIpc) is 3.19. The van der Waals surface area contributed by atoms with Crippen LogP contribution in [0.5, 0.6) is 11.5 Å². The Labute approximate surface area is 187 Å². The van der Waals surface area contributed by atoms with E-state index in [0.29, 0.717) is 22.7 Å². The number of fused-ring (bicyclic) bond motifs is 1. The molecule has 1 N–H and O–H groups in total. The first-order chi connectivity index (χ1) is 15.2. The Bertz CT molecular complexity index is 1180. The molecule has 1 amide bonds. The molecule has 6 nitrogen and oxygen atoms in total. The van der Waals surface area contributed by atoms with Crippen LogP contribution in [-0.2, 0) is 4.74 Å². The van der Waals surface area contributed by atoms with Crippen LogP contribution in [0, 0.1) is 6.92 Å². The monoisotopic (exact) mass is 431 g/mol. The van der Waals surface area contributed by atoms with Gasteiger partial charge in [-0.1, -0.05) is 36.4 Å². The first-order valence-electron chi connectivity index (χ1n) is 10.4. The molecule has 3 aromatic carbocycles. The molecule has 0 aromatic heterocycles. The van der Waals surface area contributed by atoms with Crippen LogP contribution in [0.15, 0.2) is 60.7 Å². The summed E-state index contributed by atoms with van der Waals surface area (Å²) in [7, 11) is 0. The Morgan fingerprint density at radius 1 is 0.875 bits per heavy atom. The maximum Gasteiger partial charge on any atom is 0.340 e. The number of carbonyl (C=O) groups is 2. The summed E-state index contributed by atoms with van der Waals surface area (Å²) in [6.45, 7) is 7.36. The van der Waals surface area contributed by atoms with E-state index < -0.39 is 11.6 Å². The quantitative estimate of drug-likeness (QED) is 0.545. The van der Waals surface area contributed by atoms with Gasteiger partial charge >= 0.3 is 5.97 Å². The van der Waals surface area contributed by atoms with E-state index in [0.717, 1.165) is 16.7 Å². The van der Waals surface area contributed by atoms with Crippen molar-refractivity contribution < 1.29 is 23.8 Å². The van der Waals surface area contributed by atoms with E-state index in [1.165, 1.54) is 0 Å². The molecule has 0 bridgehead atoms. The smallest absolute Gasteiger partial charge is 0.340 e. The lowest BCUT2D eigenvalue weighted by Gasteiger charge is -2.21. The molecule has 0 fully saturated rings. The normalized spacial score (nSPS) is 12.4. The second-order valence-corrected chi connectivity index (χ2v) is 8.60. The van der Waals surface area contributed by atoms with Crippen LogP contribution in [-0.4, -0.2) is 24.3 Å². The number of esters is 1. The SMILES string of the molecule is Cc1cc2c(cc1C(=O)Nc1cc(-c3ccccc3)ccc1C(=O)OC(C)(C)C)OCO2. The van der Waals surface area contributed by atoms with Gasteiger partial charge in [0.05, 0.1) is 11.3 Å². The standard InChI is InChI=1S/C26H25NO5/c1-16-12-22-23(31-15-30-22)14-20(16)24(28)27-21-13-18(17-8-6-5-7-9-17)10-11-19(21)25(29)32-26(2,3)4/h5-14H,15H2,1-4H3,(H,27,28). The molecule has 32 heavy (non-hydrogen) atoms. The van der Waals surface area contributed by atoms with Gasteiger partial charge in [0.2, 0.25) is 6.79 Å². The molecule has 1 aliphatic rings. The van der Waals surface area contributed by atoms with E-state index in [1.54, 1.807) is 45.0 Å². The minimum absolute atomic E-state index is 0.127. The van der Waals surface area contributed by atoms with Gasteiger partial charge in [0.15, 0.2) is 11.5 Å². The number of hydrogen-bond donors (Lipinski definition) is 1. The highest BCUT2D eigenvalue weighted by atomic mass is 16.7. The maximum absolute atomic E-state index is 13.2. The van der Waals surface area contributed by atoms with Crippen molar-refractivity contribution in [3.63, 3.8) is 0 Å². The Kier molecular flexibility index (Phi) is 5.61. The fourth-order valence-corrected chi connectivity index (χ4v) is 3.45. The molecule has 0 unspecified atom stereocenters. The largest absolute Gasteiger partial charge is 0.456 e. The third-order valence-corrected chi connectivity index (χ3v) is 4.96. The van der Waals surface area contributed by atoms with Crippen molar-refractivity contribution in [2.45, 2.75) is 33.3 Å². The molecule has 1 aliphatic heterocycles. The molecule has 4 rings (SSSR count). The number of carbonyl (C=O) groups excluding carboxylic acids is 2. The summed E-state index contributed by atoms with van der Waals surface area (Å²) in [5.41, 5.74) is 3.02. The van der Waals surface area contributed by atoms with Gasteiger partial charge in [-0.15, -0.1) is 0 Å². The summed E-state index contributed by atoms with van der Waals surface area (Å²) >= 11 is 0. The predicted octanol–water partition coefficient (Wildman–Crippen LogP) is 5.60. The molecular formula is C26H25NO5. The van der Waals surface area contributed by atoms with Gasteiger partial charge in [-0.2, -0.15) is 0 Å². The highest BCUT2D eigenvalue weighted by molar-refractivity contribution is 6.09. The minimum Gasteiger partial charge on any atom is -0.456 e. The summed E-state index contributed by atoms with van der Waals surface area (Å²) in [4.78, 5) is 26.0. The Balaban J connectivity index is 1.71. The number of nitrogens with one attached hydrogen (secondary N) is 1. The first-order valence-corrected chi connectivity index (χ1v) is 10.4. The maximum atomic E-state index is 13.2. The van der Waals surface area contributed by atoms with Crippen LogP contribution in [0.25, 0.3) is 11.1 Å². The molecular weight excluding hydrogens is 406 g/mol. The van der Waals surface area contributed by atoms with Crippen LogP contribution in [0.4, 0.5) is 5.69 Å². The van der Waals surface area contributed by atoms with Crippen LogP contribution in [0.1, 0.15) is 47.1 Å². The van der Waals surface area contributed by atoms with Gasteiger partial charge in [0.1, 0.15) is 5.60 Å². The molecule has 6 heteroatoms. The minimum atomic E-state index is -0.662. The Hall–Kier alpha value is -3.80. The van der Waals surface area contributed by atoms with Crippen molar-refractivity contribution in [3.05, 3.63) is 77.4 Å². The van der Waals surface area contributed by atoms with Crippen LogP contribution in [0.3, 0.4) is 0 Å². The van der Waals surface area contributed by atoms with Crippen molar-refractivity contribution in [1.82, 2.24) is 0 Å². The number of benzene rings is 3. The molecule has 0 spiro atoms. The molecule has 0 saturated heterocycles. The van der Waals surface area contributed by atoms with Gasteiger partial charge in [-0.05, 0) is 68.7 Å². The van der Waals surface area contributed by atoms with Crippen molar-refractivity contribution in [2.24, 2.45) is 0 Å². The second kappa shape index (κ2) is 8.38. The highest BCUT2D eigenvalue weighted by Gasteiger charge is 2.24. The zero-order valence-corrected chi connectivity index (χ0v) is 18.5. The molecule has 3 aromatic rings. The van der Waals surface area contributed by atoms with Crippen molar-refractivity contribution in [3.8, 4) is 22.6 Å². The van der Waals surface area contributed by atoms with Crippen LogP contribution in [0.2, 0.25) is 0 Å². The Morgan fingerprint density at radius 3 is 2.25 bits per heavy atom. The van der Waals surface area contributed by atoms with E-state index in [4.69, 9.17) is 14.2 Å². The summed E-state index contributed by atoms with van der Waals surface area (Å²) in [6, 6.07) is 18.5. The van der Waals surface area contributed by atoms with Crippen LogP contribution < -0.4 is 14.8 Å². The Morgan fingerprint density at radius 2 is 1.56 bits per heavy atom. The van der Waals surface area contributed by atoms with Gasteiger partial charge in [-0.3, -0.25) is 4.79 Å². The van der Waals surface area contributed by atoms with Crippen molar-refractivity contribution >= 4 is 17.6 Å². The lowest BCUT2D eigenvalue weighted by atomic mass is 10.0. The zero-order valence-electron chi connectivity index (χ0n) is 18.5. The van der Waals surface area contributed by atoms with E-state index in [-0.39, 0.29) is 18.3 Å². The van der Waals surface area contributed by atoms with Crippen molar-refractivity contribution in [2.75, 3.05) is 12.1 Å². The number of anilines is 1. The third kappa shape index (κ3) is 4.59. The predicted molar refractivity (Wildman–Crippen MR) is 122 cm³/mol. The lowest BCUT2D eigenvalue weighted by molar-refractivity contribution is 0.00708. The number of rotatable bonds is 4. The van der Waals surface area contributed by atoms with E-state index in [9.17, 15) is 9.59 Å². The summed E-state index contributed by atoms with van der Waals surface area (Å²) < 4.78 is 16.3. The second-order valence-electron chi connectivity index (χ2n) is 8.60. The number of amides is 1. The molecule has 0 saturated carbocycles. The summed E-state index contributed by atoms with van der Waals surface area (Å²) in [5, 5.41) is 2.90. The molecule has 164 valence electrons. The highest BCUT2D eigenvalue weighted by Crippen LogP contribution is 2.35. The first kappa shape index (κ1) is 21.4. The van der Waals surface area contributed by atoms with E-state index in [2.05, 4.69) is 5.32 Å². The van der Waals surface area contributed by atoms with Crippen LogP contribution >= 0.6 is 0 Å². The third-order valence-electron chi connectivity index (χ3n) is 4.96. The topological polar surface area (TPSA) is 73.9 Å². The molecule has 1 heterocycles. The lowest BCUT2D eigenvalue weighted by Crippen LogP contribution is -2.25. The van der Waals surface area contributed by atoms with E-state index in [1.807, 2.05) is 43.3 Å². The fourth-order valence-electron chi connectivity index (χ4n) is 3.45. The number of hydrogen-bond acceptors (Lipinski definition) is 5. The van der Waals surface area contributed by atoms with Gasteiger partial charge in [0.25, 0.3) is 5.91 Å². The van der Waals surface area contributed by atoms with Gasteiger partial charge in [-0.25, -0.2) is 4.79 Å². The summed E-state index contributed by atoms with van der Waals surface area (Å²) in [5.74, 6) is 0.274. The fraction of sp³-hybridized carbons (Fsp3) is 0.231. The van der Waals surface area contributed by atoms with Gasteiger partial charge in [0, 0.05) is 5.56 Å². The number of ether oxygens (including phenoxy) is 3. The number of aryl methyl sites for hydroxylation is 1. The van der Waals surface area contributed by atoms with Gasteiger partial charge < -0.3 is 19.5 Å². The molecule has 0 radical (unpaired) electrons. The van der Waals surface area contributed by atoms with Crippen molar-refractivity contribution in [1.29, 1.82) is 0 Å². The average molecular weight is 431 g/mol.